The summed E-state index contributed by atoms with van der Waals surface area (Å²) in [6, 6.07) is 12.3. The first-order valence-corrected chi connectivity index (χ1v) is 11.8. The molecule has 1 unspecified atom stereocenters. The van der Waals surface area contributed by atoms with E-state index < -0.39 is 11.7 Å². The van der Waals surface area contributed by atoms with E-state index in [1.165, 1.54) is 5.56 Å². The molecule has 4 rings (SSSR count). The summed E-state index contributed by atoms with van der Waals surface area (Å²) in [6.07, 6.45) is 5.79. The Bertz CT molecular complexity index is 981. The van der Waals surface area contributed by atoms with Crippen LogP contribution >= 0.6 is 0 Å². The van der Waals surface area contributed by atoms with Crippen molar-refractivity contribution in [3.63, 3.8) is 0 Å². The summed E-state index contributed by atoms with van der Waals surface area (Å²) in [6.45, 7) is 6.22. The second-order valence-corrected chi connectivity index (χ2v) is 10.2. The van der Waals surface area contributed by atoms with Crippen LogP contribution in [0.5, 0.6) is 0 Å². The van der Waals surface area contributed by atoms with Crippen molar-refractivity contribution in [3.8, 4) is 0 Å². The van der Waals surface area contributed by atoms with Crippen LogP contribution in [0.3, 0.4) is 0 Å². The molecule has 1 fully saturated rings. The molecule has 2 aromatic rings. The van der Waals surface area contributed by atoms with E-state index in [-0.39, 0.29) is 12.1 Å². The Balaban J connectivity index is 1.23. The van der Waals surface area contributed by atoms with Crippen molar-refractivity contribution < 1.29 is 14.3 Å². The predicted octanol–water partition coefficient (Wildman–Crippen LogP) is 4.78. The van der Waals surface area contributed by atoms with E-state index in [2.05, 4.69) is 45.2 Å². The summed E-state index contributed by atoms with van der Waals surface area (Å²) >= 11 is 0. The maximum Gasteiger partial charge on any atom is 0.407 e. The van der Waals surface area contributed by atoms with E-state index in [1.807, 2.05) is 32.9 Å². The number of fused-ring (bicyclic) bond motifs is 1. The third kappa shape index (κ3) is 6.46. The molecule has 0 spiro atoms. The molecule has 0 radical (unpaired) electrons. The minimum Gasteiger partial charge on any atom is -0.444 e. The number of hydrogen-bond donors (Lipinski definition) is 3. The first kappa shape index (κ1) is 23.1. The van der Waals surface area contributed by atoms with Gasteiger partial charge in [0.1, 0.15) is 5.60 Å². The van der Waals surface area contributed by atoms with Gasteiger partial charge in [-0.1, -0.05) is 30.3 Å². The SMILES string of the molecule is CC(C)(C)OC(=O)NC1CCc2ncc(NC(=O)NCC3CC(c4ccccc4)C3)cc2C1. The number of carbonyl (C=O) groups is 2. The molecule has 1 atom stereocenters. The smallest absolute Gasteiger partial charge is 0.407 e. The standard InChI is InChI=1S/C26H34N4O3/c1-26(2,3)33-25(32)30-21-9-10-23-20(13-21)14-22(16-27-23)29-24(31)28-15-17-11-19(12-17)18-7-5-4-6-8-18/h4-8,14,16-17,19,21H,9-13,15H2,1-3H3,(H,30,32)(H2,28,29,31). The summed E-state index contributed by atoms with van der Waals surface area (Å²) in [5, 5.41) is 8.84. The van der Waals surface area contributed by atoms with Gasteiger partial charge >= 0.3 is 12.1 Å². The zero-order valence-corrected chi connectivity index (χ0v) is 19.7. The molecule has 1 aromatic carbocycles. The lowest BCUT2D eigenvalue weighted by atomic mass is 9.71. The van der Waals surface area contributed by atoms with Crippen LogP contribution in [0.15, 0.2) is 42.6 Å². The number of hydrogen-bond acceptors (Lipinski definition) is 4. The number of benzene rings is 1. The van der Waals surface area contributed by atoms with Crippen molar-refractivity contribution in [2.24, 2.45) is 5.92 Å². The van der Waals surface area contributed by atoms with Crippen molar-refractivity contribution in [3.05, 3.63) is 59.4 Å². The highest BCUT2D eigenvalue weighted by Gasteiger charge is 2.30. The first-order valence-electron chi connectivity index (χ1n) is 11.8. The zero-order valence-electron chi connectivity index (χ0n) is 19.7. The van der Waals surface area contributed by atoms with Gasteiger partial charge < -0.3 is 20.7 Å². The number of aryl methyl sites for hydroxylation is 1. The lowest BCUT2D eigenvalue weighted by molar-refractivity contribution is 0.0500. The third-order valence-corrected chi connectivity index (χ3v) is 6.29. The summed E-state index contributed by atoms with van der Waals surface area (Å²) in [7, 11) is 0. The second kappa shape index (κ2) is 9.81. The topological polar surface area (TPSA) is 92.3 Å². The number of nitrogens with zero attached hydrogens (tertiary/aromatic N) is 1. The largest absolute Gasteiger partial charge is 0.444 e. The first-order chi connectivity index (χ1) is 15.7. The van der Waals surface area contributed by atoms with E-state index in [0.717, 1.165) is 36.9 Å². The molecule has 1 saturated carbocycles. The number of urea groups is 1. The molecule has 3 N–H and O–H groups in total. The van der Waals surface area contributed by atoms with Gasteiger partial charge in [0.2, 0.25) is 0 Å². The van der Waals surface area contributed by atoms with Crippen LogP contribution in [0.4, 0.5) is 15.3 Å². The highest BCUT2D eigenvalue weighted by molar-refractivity contribution is 5.89. The van der Waals surface area contributed by atoms with E-state index in [1.54, 1.807) is 6.20 Å². The van der Waals surface area contributed by atoms with E-state index in [4.69, 9.17) is 4.74 Å². The Kier molecular flexibility index (Phi) is 6.86. The highest BCUT2D eigenvalue weighted by atomic mass is 16.6. The predicted molar refractivity (Wildman–Crippen MR) is 128 cm³/mol. The van der Waals surface area contributed by atoms with E-state index in [9.17, 15) is 9.59 Å². The molecule has 0 saturated heterocycles. The number of amides is 3. The second-order valence-electron chi connectivity index (χ2n) is 10.2. The molecular formula is C26H34N4O3. The lowest BCUT2D eigenvalue weighted by Crippen LogP contribution is -2.42. The van der Waals surface area contributed by atoms with Gasteiger partial charge in [-0.2, -0.15) is 0 Å². The van der Waals surface area contributed by atoms with Gasteiger partial charge in [-0.25, -0.2) is 9.59 Å². The van der Waals surface area contributed by atoms with E-state index in [0.29, 0.717) is 30.5 Å². The van der Waals surface area contributed by atoms with Gasteiger partial charge in [0.05, 0.1) is 11.9 Å². The van der Waals surface area contributed by atoms with Gasteiger partial charge in [0, 0.05) is 18.3 Å². The molecule has 176 valence electrons. The quantitative estimate of drug-likeness (QED) is 0.611. The van der Waals surface area contributed by atoms with Crippen LogP contribution in [-0.2, 0) is 17.6 Å². The number of nitrogens with one attached hydrogen (secondary N) is 3. The minimum absolute atomic E-state index is 0.00518. The Morgan fingerprint density at radius 1 is 1.15 bits per heavy atom. The summed E-state index contributed by atoms with van der Waals surface area (Å²) < 4.78 is 5.37. The fraction of sp³-hybridized carbons (Fsp3) is 0.500. The molecule has 7 nitrogen and oxygen atoms in total. The molecule has 1 aromatic heterocycles. The van der Waals surface area contributed by atoms with Gasteiger partial charge in [-0.05, 0) is 81.9 Å². The fourth-order valence-corrected chi connectivity index (χ4v) is 4.60. The monoisotopic (exact) mass is 450 g/mol. The van der Waals surface area contributed by atoms with Crippen molar-refractivity contribution in [1.82, 2.24) is 15.6 Å². The lowest BCUT2D eigenvalue weighted by Gasteiger charge is -2.35. The van der Waals surface area contributed by atoms with Crippen LogP contribution in [0.2, 0.25) is 0 Å². The Hall–Kier alpha value is -3.09. The van der Waals surface area contributed by atoms with Crippen molar-refractivity contribution >= 4 is 17.8 Å². The van der Waals surface area contributed by atoms with Gasteiger partial charge in [0.15, 0.2) is 0 Å². The highest BCUT2D eigenvalue weighted by Crippen LogP contribution is 2.41. The van der Waals surface area contributed by atoms with Crippen LogP contribution in [0, 0.1) is 5.92 Å². The van der Waals surface area contributed by atoms with Gasteiger partial charge in [-0.3, -0.25) is 4.98 Å². The molecule has 0 aliphatic heterocycles. The number of pyridine rings is 1. The number of rotatable bonds is 5. The maximum atomic E-state index is 12.4. The fourth-order valence-electron chi connectivity index (χ4n) is 4.60. The van der Waals surface area contributed by atoms with Crippen LogP contribution in [0.1, 0.15) is 62.8 Å². The zero-order chi connectivity index (χ0) is 23.4. The van der Waals surface area contributed by atoms with Crippen molar-refractivity contribution in [1.29, 1.82) is 0 Å². The number of carbonyl (C=O) groups excluding carboxylic acids is 2. The number of ether oxygens (including phenoxy) is 1. The summed E-state index contributed by atoms with van der Waals surface area (Å²) in [5.74, 6) is 1.12. The molecule has 2 aliphatic carbocycles. The summed E-state index contributed by atoms with van der Waals surface area (Å²) in [4.78, 5) is 29.0. The molecular weight excluding hydrogens is 416 g/mol. The molecule has 2 aliphatic rings. The Labute approximate surface area is 195 Å². The Morgan fingerprint density at radius 3 is 2.64 bits per heavy atom. The minimum atomic E-state index is -0.523. The summed E-state index contributed by atoms with van der Waals surface area (Å²) in [5.41, 5.74) is 3.59. The number of anilines is 1. The molecule has 1 heterocycles. The molecule has 33 heavy (non-hydrogen) atoms. The number of aromatic nitrogens is 1. The van der Waals surface area contributed by atoms with E-state index >= 15 is 0 Å². The van der Waals surface area contributed by atoms with Crippen LogP contribution < -0.4 is 16.0 Å². The third-order valence-electron chi connectivity index (χ3n) is 6.29. The average molecular weight is 451 g/mol. The maximum absolute atomic E-state index is 12.4. The Morgan fingerprint density at radius 2 is 1.91 bits per heavy atom. The normalized spacial score (nSPS) is 21.8. The van der Waals surface area contributed by atoms with Gasteiger partial charge in [-0.15, -0.1) is 0 Å². The van der Waals surface area contributed by atoms with Crippen LogP contribution in [0.25, 0.3) is 0 Å². The average Bonchev–Trinajstić information content (AvgIpc) is 2.71. The van der Waals surface area contributed by atoms with Crippen molar-refractivity contribution in [2.45, 2.75) is 70.4 Å². The number of alkyl carbamates (subject to hydrolysis) is 1. The van der Waals surface area contributed by atoms with Crippen molar-refractivity contribution in [2.75, 3.05) is 11.9 Å². The van der Waals surface area contributed by atoms with Crippen LogP contribution in [-0.4, -0.2) is 35.3 Å². The van der Waals surface area contributed by atoms with Gasteiger partial charge in [0.25, 0.3) is 0 Å². The molecule has 3 amide bonds. The molecule has 7 heteroatoms. The molecule has 0 bridgehead atoms.